The molecule has 0 radical (unpaired) electrons. The lowest BCUT2D eigenvalue weighted by Crippen LogP contribution is -2.03. The molecule has 0 aliphatic rings. The normalized spacial score (nSPS) is 10.5. The van der Waals surface area contributed by atoms with E-state index in [9.17, 15) is 0 Å². The summed E-state index contributed by atoms with van der Waals surface area (Å²) in [7, 11) is 1.65. The average molecular weight is 296 g/mol. The number of nitrogens with zero attached hydrogens (tertiary/aromatic N) is 1. The zero-order chi connectivity index (χ0) is 12.3. The highest BCUT2D eigenvalue weighted by atomic mass is 79.9. The minimum absolute atomic E-state index is 0.585. The summed E-state index contributed by atoms with van der Waals surface area (Å²) in [6.45, 7) is 0.585. The van der Waals surface area contributed by atoms with Gasteiger partial charge in [0.15, 0.2) is 0 Å². The predicted molar refractivity (Wildman–Crippen MR) is 71.0 cm³/mol. The molecule has 0 saturated heterocycles. The maximum absolute atomic E-state index is 5.50. The number of nitrogens with one attached hydrogen (secondary N) is 1. The van der Waals surface area contributed by atoms with Gasteiger partial charge in [0.2, 0.25) is 0 Å². The monoisotopic (exact) mass is 295 g/mol. The van der Waals surface area contributed by atoms with E-state index in [0.29, 0.717) is 6.54 Å². The van der Waals surface area contributed by atoms with E-state index >= 15 is 0 Å². The van der Waals surface area contributed by atoms with Crippen molar-refractivity contribution in [3.05, 3.63) is 34.7 Å². The van der Waals surface area contributed by atoms with E-state index < -0.39 is 0 Å². The second-order valence-corrected chi connectivity index (χ2v) is 4.41. The number of rotatable bonds is 4. The number of methoxy groups -OCH3 is 1. The average Bonchev–Trinajstić information content (AvgIpc) is 2.71. The molecule has 90 valence electrons. The van der Waals surface area contributed by atoms with Crippen LogP contribution < -0.4 is 10.5 Å². The van der Waals surface area contributed by atoms with Crippen molar-refractivity contribution in [1.82, 2.24) is 9.97 Å². The first-order chi connectivity index (χ1) is 8.24. The van der Waals surface area contributed by atoms with Crippen molar-refractivity contribution in [2.24, 2.45) is 5.73 Å². The smallest absolute Gasteiger partial charge is 0.118 e. The summed E-state index contributed by atoms with van der Waals surface area (Å²) in [5, 5.41) is 0. The molecule has 17 heavy (non-hydrogen) atoms. The second-order valence-electron chi connectivity index (χ2n) is 3.61. The number of imidazole rings is 1. The Bertz CT molecular complexity index is 493. The lowest BCUT2D eigenvalue weighted by Gasteiger charge is -2.01. The summed E-state index contributed by atoms with van der Waals surface area (Å²) in [6.07, 6.45) is 0.745. The first-order valence-electron chi connectivity index (χ1n) is 5.33. The molecule has 0 atom stereocenters. The van der Waals surface area contributed by atoms with E-state index in [1.165, 1.54) is 0 Å². The fourth-order valence-corrected chi connectivity index (χ4v) is 2.14. The van der Waals surface area contributed by atoms with Gasteiger partial charge in [-0.1, -0.05) is 0 Å². The van der Waals surface area contributed by atoms with Crippen molar-refractivity contribution in [3.8, 4) is 17.0 Å². The molecule has 0 spiro atoms. The largest absolute Gasteiger partial charge is 0.497 e. The maximum Gasteiger partial charge on any atom is 0.118 e. The first-order valence-corrected chi connectivity index (χ1v) is 6.12. The second kappa shape index (κ2) is 5.33. The van der Waals surface area contributed by atoms with E-state index in [2.05, 4.69) is 25.9 Å². The van der Waals surface area contributed by atoms with Crippen molar-refractivity contribution >= 4 is 15.9 Å². The number of hydrogen-bond donors (Lipinski definition) is 2. The Hall–Kier alpha value is -1.33. The molecule has 0 aliphatic carbocycles. The Morgan fingerprint density at radius 1 is 1.35 bits per heavy atom. The van der Waals surface area contributed by atoms with Crippen LogP contribution in [0, 0.1) is 0 Å². The fourth-order valence-electron chi connectivity index (χ4n) is 1.59. The van der Waals surface area contributed by atoms with Gasteiger partial charge in [0.25, 0.3) is 0 Å². The zero-order valence-electron chi connectivity index (χ0n) is 9.53. The van der Waals surface area contributed by atoms with Crippen LogP contribution in [0.25, 0.3) is 11.3 Å². The predicted octanol–water partition coefficient (Wildman–Crippen LogP) is 2.35. The highest BCUT2D eigenvalue weighted by molar-refractivity contribution is 9.10. The molecule has 4 nitrogen and oxygen atoms in total. The molecular formula is C12H14BrN3O. The van der Waals surface area contributed by atoms with Gasteiger partial charge in [-0.3, -0.25) is 0 Å². The van der Waals surface area contributed by atoms with Crippen molar-refractivity contribution < 1.29 is 4.74 Å². The van der Waals surface area contributed by atoms with Gasteiger partial charge < -0.3 is 15.5 Å². The molecular weight excluding hydrogens is 282 g/mol. The summed E-state index contributed by atoms with van der Waals surface area (Å²) in [4.78, 5) is 7.67. The van der Waals surface area contributed by atoms with Gasteiger partial charge in [-0.2, -0.15) is 0 Å². The van der Waals surface area contributed by atoms with E-state index in [-0.39, 0.29) is 0 Å². The lowest BCUT2D eigenvalue weighted by atomic mass is 10.2. The number of ether oxygens (including phenoxy) is 1. The minimum Gasteiger partial charge on any atom is -0.497 e. The third-order valence-electron chi connectivity index (χ3n) is 2.45. The summed E-state index contributed by atoms with van der Waals surface area (Å²) in [5.41, 5.74) is 7.44. The molecule has 0 fully saturated rings. The van der Waals surface area contributed by atoms with Crippen LogP contribution >= 0.6 is 15.9 Å². The van der Waals surface area contributed by atoms with Crippen molar-refractivity contribution in [1.29, 1.82) is 0 Å². The minimum atomic E-state index is 0.585. The number of benzene rings is 1. The maximum atomic E-state index is 5.50. The van der Waals surface area contributed by atoms with Gasteiger partial charge in [0, 0.05) is 12.0 Å². The standard InChI is InChI=1S/C12H14BrN3O/c1-17-9-4-2-8(3-5-9)11-12(13)16-10(15-11)6-7-14/h2-5H,6-7,14H2,1H3,(H,15,16). The zero-order valence-corrected chi connectivity index (χ0v) is 11.1. The SMILES string of the molecule is COc1ccc(-c2nc(CCN)[nH]c2Br)cc1. The molecule has 1 aromatic heterocycles. The molecule has 1 heterocycles. The van der Waals surface area contributed by atoms with Crippen LogP contribution in [0.3, 0.4) is 0 Å². The Kier molecular flexibility index (Phi) is 3.81. The summed E-state index contributed by atoms with van der Waals surface area (Å²) >= 11 is 3.47. The summed E-state index contributed by atoms with van der Waals surface area (Å²) in [5.74, 6) is 1.73. The van der Waals surface area contributed by atoms with Gasteiger partial charge in [-0.05, 0) is 46.7 Å². The molecule has 2 aromatic rings. The van der Waals surface area contributed by atoms with Crippen LogP contribution in [0.1, 0.15) is 5.82 Å². The molecule has 0 aliphatic heterocycles. The summed E-state index contributed by atoms with van der Waals surface area (Å²) in [6, 6.07) is 7.79. The number of nitrogens with two attached hydrogens (primary N) is 1. The molecule has 0 bridgehead atoms. The highest BCUT2D eigenvalue weighted by Crippen LogP contribution is 2.27. The number of aromatic nitrogens is 2. The van der Waals surface area contributed by atoms with Crippen LogP contribution in [0.15, 0.2) is 28.9 Å². The van der Waals surface area contributed by atoms with Gasteiger partial charge in [-0.15, -0.1) is 0 Å². The third-order valence-corrected chi connectivity index (χ3v) is 3.03. The number of H-pyrrole nitrogens is 1. The molecule has 0 unspecified atom stereocenters. The first kappa shape index (κ1) is 12.1. The quantitative estimate of drug-likeness (QED) is 0.910. The van der Waals surface area contributed by atoms with Gasteiger partial charge in [-0.25, -0.2) is 4.98 Å². The molecule has 2 rings (SSSR count). The van der Waals surface area contributed by atoms with Crippen molar-refractivity contribution in [2.45, 2.75) is 6.42 Å². The van der Waals surface area contributed by atoms with Gasteiger partial charge in [0.05, 0.1) is 7.11 Å². The number of hydrogen-bond acceptors (Lipinski definition) is 3. The third kappa shape index (κ3) is 2.68. The molecule has 0 amide bonds. The number of aromatic amines is 1. The lowest BCUT2D eigenvalue weighted by molar-refractivity contribution is 0.415. The summed E-state index contributed by atoms with van der Waals surface area (Å²) < 4.78 is 6.00. The Balaban J connectivity index is 2.31. The topological polar surface area (TPSA) is 63.9 Å². The van der Waals surface area contributed by atoms with Crippen molar-refractivity contribution in [3.63, 3.8) is 0 Å². The van der Waals surface area contributed by atoms with E-state index in [1.807, 2.05) is 24.3 Å². The van der Waals surface area contributed by atoms with Crippen LogP contribution in [0.4, 0.5) is 0 Å². The van der Waals surface area contributed by atoms with Crippen LogP contribution in [-0.2, 0) is 6.42 Å². The van der Waals surface area contributed by atoms with Crippen LogP contribution in [-0.4, -0.2) is 23.6 Å². The van der Waals surface area contributed by atoms with Crippen molar-refractivity contribution in [2.75, 3.05) is 13.7 Å². The van der Waals surface area contributed by atoms with Crippen LogP contribution in [0.5, 0.6) is 5.75 Å². The fraction of sp³-hybridized carbons (Fsp3) is 0.250. The Labute approximate surface area is 108 Å². The molecule has 3 N–H and O–H groups in total. The van der Waals surface area contributed by atoms with E-state index in [1.54, 1.807) is 7.11 Å². The Morgan fingerprint density at radius 2 is 2.06 bits per heavy atom. The van der Waals surface area contributed by atoms with E-state index in [4.69, 9.17) is 10.5 Å². The van der Waals surface area contributed by atoms with Gasteiger partial charge in [0.1, 0.15) is 21.9 Å². The van der Waals surface area contributed by atoms with Gasteiger partial charge >= 0.3 is 0 Å². The van der Waals surface area contributed by atoms with Crippen LogP contribution in [0.2, 0.25) is 0 Å². The molecule has 1 aromatic carbocycles. The Morgan fingerprint density at radius 3 is 2.65 bits per heavy atom. The van der Waals surface area contributed by atoms with E-state index in [0.717, 1.165) is 33.9 Å². The highest BCUT2D eigenvalue weighted by Gasteiger charge is 2.09. The number of halogens is 1. The molecule has 0 saturated carbocycles. The molecule has 5 heteroatoms.